The van der Waals surface area contributed by atoms with Crippen LogP contribution in [-0.2, 0) is 5.41 Å². The average Bonchev–Trinajstić information content (AvgIpc) is 3.17. The second kappa shape index (κ2) is 5.20. The van der Waals surface area contributed by atoms with Crippen LogP contribution < -0.4 is 10.5 Å². The SMILES string of the molecule is COc1ccc(-c2noc(C3(CN)CCCC3)n2)cn1. The van der Waals surface area contributed by atoms with Crippen LogP contribution in [-0.4, -0.2) is 28.8 Å². The molecule has 0 amide bonds. The molecule has 0 bridgehead atoms. The Labute approximate surface area is 117 Å². The summed E-state index contributed by atoms with van der Waals surface area (Å²) in [4.78, 5) is 8.67. The van der Waals surface area contributed by atoms with Gasteiger partial charge in [-0.3, -0.25) is 0 Å². The summed E-state index contributed by atoms with van der Waals surface area (Å²) in [6.45, 7) is 0.551. The number of aromatic nitrogens is 3. The lowest BCUT2D eigenvalue weighted by atomic mass is 9.86. The van der Waals surface area contributed by atoms with Gasteiger partial charge in [0, 0.05) is 24.4 Å². The van der Waals surface area contributed by atoms with E-state index in [1.54, 1.807) is 19.4 Å². The Kier molecular flexibility index (Phi) is 3.40. The van der Waals surface area contributed by atoms with Crippen LogP contribution in [0.5, 0.6) is 5.88 Å². The van der Waals surface area contributed by atoms with Gasteiger partial charge in [-0.05, 0) is 18.9 Å². The minimum Gasteiger partial charge on any atom is -0.481 e. The molecule has 0 aliphatic heterocycles. The van der Waals surface area contributed by atoms with Crippen molar-refractivity contribution in [1.82, 2.24) is 15.1 Å². The number of hydrogen-bond acceptors (Lipinski definition) is 6. The molecule has 6 heteroatoms. The Morgan fingerprint density at radius 1 is 1.35 bits per heavy atom. The Morgan fingerprint density at radius 2 is 2.15 bits per heavy atom. The Bertz CT molecular complexity index is 573. The van der Waals surface area contributed by atoms with Gasteiger partial charge in [0.2, 0.25) is 17.6 Å². The zero-order valence-electron chi connectivity index (χ0n) is 11.5. The van der Waals surface area contributed by atoms with Crippen molar-refractivity contribution in [3.63, 3.8) is 0 Å². The van der Waals surface area contributed by atoms with E-state index in [2.05, 4.69) is 15.1 Å². The Morgan fingerprint density at radius 3 is 2.75 bits per heavy atom. The van der Waals surface area contributed by atoms with Crippen molar-refractivity contribution >= 4 is 0 Å². The molecular formula is C14H18N4O2. The lowest BCUT2D eigenvalue weighted by molar-refractivity contribution is 0.284. The number of nitrogens with zero attached hydrogens (tertiary/aromatic N) is 3. The van der Waals surface area contributed by atoms with Crippen LogP contribution in [0.15, 0.2) is 22.9 Å². The highest BCUT2D eigenvalue weighted by Crippen LogP contribution is 2.39. The van der Waals surface area contributed by atoms with E-state index in [1.807, 2.05) is 6.07 Å². The van der Waals surface area contributed by atoms with Crippen molar-refractivity contribution in [1.29, 1.82) is 0 Å². The molecule has 0 spiro atoms. The third-order valence-electron chi connectivity index (χ3n) is 4.03. The second-order valence-corrected chi connectivity index (χ2v) is 5.20. The maximum Gasteiger partial charge on any atom is 0.234 e. The third-order valence-corrected chi connectivity index (χ3v) is 4.03. The van der Waals surface area contributed by atoms with Crippen molar-refractivity contribution in [2.75, 3.05) is 13.7 Å². The molecule has 0 saturated heterocycles. The molecule has 0 aromatic carbocycles. The van der Waals surface area contributed by atoms with Gasteiger partial charge < -0.3 is 15.0 Å². The highest BCUT2D eigenvalue weighted by atomic mass is 16.5. The van der Waals surface area contributed by atoms with Crippen LogP contribution >= 0.6 is 0 Å². The van der Waals surface area contributed by atoms with E-state index in [0.717, 1.165) is 18.4 Å². The average molecular weight is 274 g/mol. The molecule has 0 atom stereocenters. The number of rotatable bonds is 4. The van der Waals surface area contributed by atoms with Gasteiger partial charge in [0.15, 0.2) is 0 Å². The highest BCUT2D eigenvalue weighted by Gasteiger charge is 2.39. The van der Waals surface area contributed by atoms with E-state index >= 15 is 0 Å². The van der Waals surface area contributed by atoms with Gasteiger partial charge in [-0.25, -0.2) is 4.98 Å². The first-order valence-corrected chi connectivity index (χ1v) is 6.82. The van der Waals surface area contributed by atoms with E-state index in [4.69, 9.17) is 15.0 Å². The molecule has 3 rings (SSSR count). The van der Waals surface area contributed by atoms with Crippen molar-refractivity contribution in [2.24, 2.45) is 5.73 Å². The van der Waals surface area contributed by atoms with Crippen molar-refractivity contribution < 1.29 is 9.26 Å². The molecule has 0 radical (unpaired) electrons. The van der Waals surface area contributed by atoms with E-state index in [1.165, 1.54) is 12.8 Å². The van der Waals surface area contributed by atoms with Crippen LogP contribution in [0.1, 0.15) is 31.6 Å². The number of nitrogens with two attached hydrogens (primary N) is 1. The van der Waals surface area contributed by atoms with E-state index in [-0.39, 0.29) is 5.41 Å². The summed E-state index contributed by atoms with van der Waals surface area (Å²) >= 11 is 0. The summed E-state index contributed by atoms with van der Waals surface area (Å²) in [7, 11) is 1.58. The van der Waals surface area contributed by atoms with E-state index in [9.17, 15) is 0 Å². The highest BCUT2D eigenvalue weighted by molar-refractivity contribution is 5.53. The fourth-order valence-electron chi connectivity index (χ4n) is 2.75. The van der Waals surface area contributed by atoms with Crippen molar-refractivity contribution in [2.45, 2.75) is 31.1 Å². The van der Waals surface area contributed by atoms with Crippen LogP contribution in [0.25, 0.3) is 11.4 Å². The first kappa shape index (κ1) is 13.1. The van der Waals surface area contributed by atoms with Crippen molar-refractivity contribution in [3.05, 3.63) is 24.2 Å². The first-order chi connectivity index (χ1) is 9.77. The number of ether oxygens (including phenoxy) is 1. The van der Waals surface area contributed by atoms with Gasteiger partial charge in [-0.15, -0.1) is 0 Å². The Hall–Kier alpha value is -1.95. The first-order valence-electron chi connectivity index (χ1n) is 6.82. The zero-order valence-corrected chi connectivity index (χ0v) is 11.5. The molecule has 2 N–H and O–H groups in total. The fourth-order valence-corrected chi connectivity index (χ4v) is 2.75. The molecule has 0 unspecified atom stereocenters. The van der Waals surface area contributed by atoms with Gasteiger partial charge in [-0.1, -0.05) is 18.0 Å². The summed E-state index contributed by atoms with van der Waals surface area (Å²) in [6.07, 6.45) is 6.05. The summed E-state index contributed by atoms with van der Waals surface area (Å²) in [6, 6.07) is 3.64. The standard InChI is InChI=1S/C14H18N4O2/c1-19-11-5-4-10(8-16-11)12-17-13(20-18-12)14(9-15)6-2-3-7-14/h4-5,8H,2-3,6-7,9,15H2,1H3. The zero-order chi connectivity index (χ0) is 14.0. The summed E-state index contributed by atoms with van der Waals surface area (Å²) in [5.74, 6) is 1.77. The van der Waals surface area contributed by atoms with Crippen molar-refractivity contribution in [3.8, 4) is 17.3 Å². The lowest BCUT2D eigenvalue weighted by Crippen LogP contribution is -2.32. The third kappa shape index (κ3) is 2.16. The molecule has 1 aliphatic carbocycles. The maximum absolute atomic E-state index is 5.93. The van der Waals surface area contributed by atoms with Gasteiger partial charge >= 0.3 is 0 Å². The van der Waals surface area contributed by atoms with Gasteiger partial charge in [-0.2, -0.15) is 4.98 Å². The minimum atomic E-state index is -0.134. The smallest absolute Gasteiger partial charge is 0.234 e. The number of methoxy groups -OCH3 is 1. The second-order valence-electron chi connectivity index (χ2n) is 5.20. The molecule has 2 heterocycles. The van der Waals surface area contributed by atoms with Crippen LogP contribution in [0.3, 0.4) is 0 Å². The number of hydrogen-bond donors (Lipinski definition) is 1. The maximum atomic E-state index is 5.93. The fraction of sp³-hybridized carbons (Fsp3) is 0.500. The molecular weight excluding hydrogens is 256 g/mol. The summed E-state index contributed by atoms with van der Waals surface area (Å²) in [5.41, 5.74) is 6.61. The minimum absolute atomic E-state index is 0.134. The topological polar surface area (TPSA) is 87.1 Å². The van der Waals surface area contributed by atoms with Crippen LogP contribution in [0.2, 0.25) is 0 Å². The largest absolute Gasteiger partial charge is 0.481 e. The molecule has 1 saturated carbocycles. The monoisotopic (exact) mass is 274 g/mol. The molecule has 1 fully saturated rings. The van der Waals surface area contributed by atoms with Gasteiger partial charge in [0.05, 0.1) is 12.5 Å². The van der Waals surface area contributed by atoms with Crippen LogP contribution in [0.4, 0.5) is 0 Å². The summed E-state index contributed by atoms with van der Waals surface area (Å²) < 4.78 is 10.5. The Balaban J connectivity index is 1.89. The van der Waals surface area contributed by atoms with Gasteiger partial charge in [0.1, 0.15) is 0 Å². The molecule has 106 valence electrons. The van der Waals surface area contributed by atoms with Crippen LogP contribution in [0, 0.1) is 0 Å². The predicted molar refractivity (Wildman–Crippen MR) is 73.3 cm³/mol. The van der Waals surface area contributed by atoms with E-state index in [0.29, 0.717) is 24.1 Å². The summed E-state index contributed by atoms with van der Waals surface area (Å²) in [5, 5.41) is 4.06. The molecule has 2 aromatic rings. The normalized spacial score (nSPS) is 17.3. The molecule has 2 aromatic heterocycles. The predicted octanol–water partition coefficient (Wildman–Crippen LogP) is 1.91. The number of pyridine rings is 1. The van der Waals surface area contributed by atoms with E-state index < -0.39 is 0 Å². The quantitative estimate of drug-likeness (QED) is 0.916. The van der Waals surface area contributed by atoms with Gasteiger partial charge in [0.25, 0.3) is 0 Å². The molecule has 20 heavy (non-hydrogen) atoms. The molecule has 6 nitrogen and oxygen atoms in total. The molecule has 1 aliphatic rings. The lowest BCUT2D eigenvalue weighted by Gasteiger charge is -2.21.